The number of carboxylic acid groups (broad SMARTS) is 1. The Morgan fingerprint density at radius 1 is 1.40 bits per heavy atom. The normalized spacial score (nSPS) is 17.2. The molecule has 25 heavy (non-hydrogen) atoms. The van der Waals surface area contributed by atoms with Crippen LogP contribution in [0.4, 0.5) is 5.69 Å². The van der Waals surface area contributed by atoms with Gasteiger partial charge in [0.1, 0.15) is 5.76 Å². The van der Waals surface area contributed by atoms with Gasteiger partial charge in [-0.05, 0) is 24.2 Å². The predicted octanol–water partition coefficient (Wildman–Crippen LogP) is 2.51. The largest absolute Gasteiger partial charge is 0.476 e. The molecule has 0 saturated heterocycles. The summed E-state index contributed by atoms with van der Waals surface area (Å²) in [7, 11) is 1.50. The smallest absolute Gasteiger partial charge is 0.356 e. The molecule has 3 rings (SSSR count). The number of carbonyl (C=O) groups is 2. The third-order valence-electron chi connectivity index (χ3n) is 4.87. The second-order valence-electron chi connectivity index (χ2n) is 7.53. The Hall–Kier alpha value is -2.64. The Morgan fingerprint density at radius 3 is 2.76 bits per heavy atom. The maximum Gasteiger partial charge on any atom is 0.356 e. The standard InChI is InChI=1S/C17H22N4O4/c1-17(2,3)9-5-6-12-10(7-9)13(20-25-12)15(22)19-11-8-18-21(4)14(11)16(23)24/h8-9H,5-7H2,1-4H3,(H,19,22)(H,23,24). The highest BCUT2D eigenvalue weighted by molar-refractivity contribution is 6.06. The molecule has 8 heteroatoms. The minimum Gasteiger partial charge on any atom is -0.476 e. The van der Waals surface area contributed by atoms with Crippen LogP contribution in [0.2, 0.25) is 0 Å². The summed E-state index contributed by atoms with van der Waals surface area (Å²) >= 11 is 0. The fraction of sp³-hybridized carbons (Fsp3) is 0.529. The summed E-state index contributed by atoms with van der Waals surface area (Å²) in [6.07, 6.45) is 3.79. The van der Waals surface area contributed by atoms with Crippen LogP contribution >= 0.6 is 0 Å². The highest BCUT2D eigenvalue weighted by Gasteiger charge is 2.34. The van der Waals surface area contributed by atoms with Gasteiger partial charge in [0.2, 0.25) is 0 Å². The number of nitrogens with one attached hydrogen (secondary N) is 1. The number of nitrogens with zero attached hydrogens (tertiary/aromatic N) is 3. The molecule has 2 N–H and O–H groups in total. The summed E-state index contributed by atoms with van der Waals surface area (Å²) in [5.74, 6) is -0.463. The number of aryl methyl sites for hydroxylation is 2. The van der Waals surface area contributed by atoms with Gasteiger partial charge in [0.25, 0.3) is 5.91 Å². The van der Waals surface area contributed by atoms with Crippen molar-refractivity contribution in [1.82, 2.24) is 14.9 Å². The van der Waals surface area contributed by atoms with Crippen molar-refractivity contribution in [3.05, 3.63) is 28.9 Å². The first-order chi connectivity index (χ1) is 11.7. The van der Waals surface area contributed by atoms with Crippen molar-refractivity contribution in [2.45, 2.75) is 40.0 Å². The number of rotatable bonds is 3. The van der Waals surface area contributed by atoms with Gasteiger partial charge in [-0.2, -0.15) is 5.10 Å². The maximum atomic E-state index is 12.6. The lowest BCUT2D eigenvalue weighted by Gasteiger charge is -2.33. The van der Waals surface area contributed by atoms with E-state index in [-0.39, 0.29) is 22.5 Å². The quantitative estimate of drug-likeness (QED) is 0.883. The molecule has 0 bridgehead atoms. The Morgan fingerprint density at radius 2 is 2.12 bits per heavy atom. The van der Waals surface area contributed by atoms with Crippen LogP contribution in [0.25, 0.3) is 0 Å². The van der Waals surface area contributed by atoms with Gasteiger partial charge in [0.05, 0.1) is 11.9 Å². The van der Waals surface area contributed by atoms with E-state index in [1.54, 1.807) is 0 Å². The lowest BCUT2D eigenvalue weighted by Crippen LogP contribution is -2.27. The lowest BCUT2D eigenvalue weighted by molar-refractivity contribution is 0.0686. The number of amides is 1. The van der Waals surface area contributed by atoms with Crippen LogP contribution in [0.15, 0.2) is 10.7 Å². The minimum atomic E-state index is -1.16. The zero-order valence-corrected chi connectivity index (χ0v) is 14.8. The average molecular weight is 346 g/mol. The van der Waals surface area contributed by atoms with Crippen molar-refractivity contribution < 1.29 is 19.2 Å². The van der Waals surface area contributed by atoms with E-state index in [4.69, 9.17) is 4.52 Å². The number of carbonyl (C=O) groups excluding carboxylic acids is 1. The molecule has 1 unspecified atom stereocenters. The number of aromatic carboxylic acids is 1. The van der Waals surface area contributed by atoms with E-state index in [1.807, 2.05) is 0 Å². The highest BCUT2D eigenvalue weighted by atomic mass is 16.5. The Bertz CT molecular complexity index is 828. The zero-order valence-electron chi connectivity index (χ0n) is 14.8. The summed E-state index contributed by atoms with van der Waals surface area (Å²) in [6.45, 7) is 6.56. The van der Waals surface area contributed by atoms with Gasteiger partial charge in [-0.25, -0.2) is 4.79 Å². The van der Waals surface area contributed by atoms with Crippen molar-refractivity contribution in [3.63, 3.8) is 0 Å². The molecule has 134 valence electrons. The number of hydrogen-bond acceptors (Lipinski definition) is 5. The molecule has 1 aliphatic carbocycles. The molecule has 0 saturated carbocycles. The van der Waals surface area contributed by atoms with E-state index >= 15 is 0 Å². The van der Waals surface area contributed by atoms with E-state index in [2.05, 4.69) is 36.3 Å². The van der Waals surface area contributed by atoms with Crippen LogP contribution in [-0.2, 0) is 19.9 Å². The molecule has 2 aromatic heterocycles. The van der Waals surface area contributed by atoms with E-state index in [1.165, 1.54) is 17.9 Å². The summed E-state index contributed by atoms with van der Waals surface area (Å²) in [4.78, 5) is 23.9. The van der Waals surface area contributed by atoms with Crippen LogP contribution in [0.1, 0.15) is 59.5 Å². The topological polar surface area (TPSA) is 110 Å². The van der Waals surface area contributed by atoms with Gasteiger partial charge in [0, 0.05) is 19.0 Å². The van der Waals surface area contributed by atoms with Crippen molar-refractivity contribution in [2.24, 2.45) is 18.4 Å². The van der Waals surface area contributed by atoms with Gasteiger partial charge in [-0.3, -0.25) is 9.48 Å². The first-order valence-electron chi connectivity index (χ1n) is 8.22. The van der Waals surface area contributed by atoms with Crippen LogP contribution in [-0.4, -0.2) is 31.9 Å². The Labute approximate surface area is 145 Å². The van der Waals surface area contributed by atoms with E-state index in [9.17, 15) is 14.7 Å². The molecule has 1 atom stereocenters. The molecule has 1 aliphatic rings. The molecule has 1 amide bonds. The van der Waals surface area contributed by atoms with Crippen LogP contribution in [0.3, 0.4) is 0 Å². The number of aromatic nitrogens is 3. The minimum absolute atomic E-state index is 0.0849. The van der Waals surface area contributed by atoms with Gasteiger partial charge >= 0.3 is 5.97 Å². The van der Waals surface area contributed by atoms with Crippen LogP contribution in [0.5, 0.6) is 0 Å². The van der Waals surface area contributed by atoms with Gasteiger partial charge in [-0.15, -0.1) is 0 Å². The third kappa shape index (κ3) is 3.16. The number of hydrogen-bond donors (Lipinski definition) is 2. The number of fused-ring (bicyclic) bond motifs is 1. The molecular formula is C17H22N4O4. The van der Waals surface area contributed by atoms with Gasteiger partial charge in [-0.1, -0.05) is 25.9 Å². The maximum absolute atomic E-state index is 12.6. The first-order valence-corrected chi connectivity index (χ1v) is 8.22. The molecule has 0 aliphatic heterocycles. The monoisotopic (exact) mass is 346 g/mol. The fourth-order valence-corrected chi connectivity index (χ4v) is 3.29. The number of carboxylic acids is 1. The SMILES string of the molecule is Cn1ncc(NC(=O)c2noc3c2CC(C(C)(C)C)CC3)c1C(=O)O. The Kier molecular flexibility index (Phi) is 4.14. The summed E-state index contributed by atoms with van der Waals surface area (Å²) in [5.41, 5.74) is 1.23. The summed E-state index contributed by atoms with van der Waals surface area (Å²) in [5, 5.41) is 19.7. The first kappa shape index (κ1) is 17.2. The lowest BCUT2D eigenvalue weighted by atomic mass is 9.71. The molecular weight excluding hydrogens is 324 g/mol. The van der Waals surface area contributed by atoms with Crippen molar-refractivity contribution in [1.29, 1.82) is 0 Å². The van der Waals surface area contributed by atoms with Crippen molar-refractivity contribution >= 4 is 17.6 Å². The molecule has 2 heterocycles. The van der Waals surface area contributed by atoms with Crippen molar-refractivity contribution in [3.8, 4) is 0 Å². The van der Waals surface area contributed by atoms with Gasteiger partial charge in [0.15, 0.2) is 11.4 Å². The molecule has 0 aromatic carbocycles. The van der Waals surface area contributed by atoms with Crippen molar-refractivity contribution in [2.75, 3.05) is 5.32 Å². The molecule has 0 fully saturated rings. The molecule has 2 aromatic rings. The zero-order chi connectivity index (χ0) is 18.4. The van der Waals surface area contributed by atoms with E-state index in [0.717, 1.165) is 30.6 Å². The van der Waals surface area contributed by atoms with E-state index < -0.39 is 11.9 Å². The fourth-order valence-electron chi connectivity index (χ4n) is 3.29. The van der Waals surface area contributed by atoms with Crippen LogP contribution < -0.4 is 5.32 Å². The summed E-state index contributed by atoms with van der Waals surface area (Å²) in [6, 6.07) is 0. The number of anilines is 1. The molecule has 8 nitrogen and oxygen atoms in total. The molecule has 0 radical (unpaired) electrons. The Balaban J connectivity index is 1.86. The average Bonchev–Trinajstić information content (AvgIpc) is 3.09. The molecule has 0 spiro atoms. The second-order valence-corrected chi connectivity index (χ2v) is 7.53. The van der Waals surface area contributed by atoms with E-state index in [0.29, 0.717) is 5.92 Å². The van der Waals surface area contributed by atoms with Crippen LogP contribution in [0, 0.1) is 11.3 Å². The third-order valence-corrected chi connectivity index (χ3v) is 4.87. The predicted molar refractivity (Wildman–Crippen MR) is 89.6 cm³/mol. The second kappa shape index (κ2) is 6.02. The van der Waals surface area contributed by atoms with Gasteiger partial charge < -0.3 is 14.9 Å². The summed E-state index contributed by atoms with van der Waals surface area (Å²) < 4.78 is 6.54. The highest BCUT2D eigenvalue weighted by Crippen LogP contribution is 2.38.